The monoisotopic (exact) mass is 257 g/mol. The first-order valence-corrected chi connectivity index (χ1v) is 5.62. The van der Waals surface area contributed by atoms with Gasteiger partial charge in [-0.15, -0.1) is 0 Å². The largest absolute Gasteiger partial charge is 0.412 e. The SMILES string of the molecule is Cc1nc(N2CC=C(C(F)(F)F)CC2)ccc1N. The molecule has 0 radical (unpaired) electrons. The van der Waals surface area contributed by atoms with Crippen LogP contribution in [0, 0.1) is 6.92 Å². The average molecular weight is 257 g/mol. The van der Waals surface area contributed by atoms with E-state index in [2.05, 4.69) is 4.98 Å². The lowest BCUT2D eigenvalue weighted by Crippen LogP contribution is -2.32. The van der Waals surface area contributed by atoms with Crippen molar-refractivity contribution in [1.29, 1.82) is 0 Å². The van der Waals surface area contributed by atoms with E-state index in [4.69, 9.17) is 5.73 Å². The van der Waals surface area contributed by atoms with Crippen molar-refractivity contribution in [3.8, 4) is 0 Å². The molecule has 0 unspecified atom stereocenters. The predicted molar refractivity (Wildman–Crippen MR) is 64.4 cm³/mol. The van der Waals surface area contributed by atoms with E-state index < -0.39 is 11.7 Å². The van der Waals surface area contributed by atoms with Gasteiger partial charge in [-0.2, -0.15) is 13.2 Å². The van der Waals surface area contributed by atoms with Crippen molar-refractivity contribution in [1.82, 2.24) is 4.98 Å². The van der Waals surface area contributed by atoms with Crippen LogP contribution in [0.25, 0.3) is 0 Å². The minimum atomic E-state index is -4.21. The van der Waals surface area contributed by atoms with Gasteiger partial charge < -0.3 is 10.6 Å². The summed E-state index contributed by atoms with van der Waals surface area (Å²) in [5, 5.41) is 0. The Hall–Kier alpha value is -1.72. The van der Waals surface area contributed by atoms with Crippen LogP contribution in [0.5, 0.6) is 0 Å². The van der Waals surface area contributed by atoms with Crippen LogP contribution >= 0.6 is 0 Å². The molecule has 0 spiro atoms. The molecule has 18 heavy (non-hydrogen) atoms. The highest BCUT2D eigenvalue weighted by atomic mass is 19.4. The summed E-state index contributed by atoms with van der Waals surface area (Å²) >= 11 is 0. The number of hydrogen-bond acceptors (Lipinski definition) is 3. The molecule has 1 aromatic rings. The first-order valence-electron chi connectivity index (χ1n) is 5.62. The molecule has 0 bridgehead atoms. The molecule has 0 saturated heterocycles. The maximum atomic E-state index is 12.5. The summed E-state index contributed by atoms with van der Waals surface area (Å²) in [4.78, 5) is 6.08. The summed E-state index contributed by atoms with van der Waals surface area (Å²) < 4.78 is 37.4. The topological polar surface area (TPSA) is 42.2 Å². The number of halogens is 3. The number of aryl methyl sites for hydroxylation is 1. The molecule has 1 aliphatic heterocycles. The molecular weight excluding hydrogens is 243 g/mol. The molecule has 6 heteroatoms. The molecule has 0 amide bonds. The Balaban J connectivity index is 2.14. The molecule has 0 fully saturated rings. The fourth-order valence-corrected chi connectivity index (χ4v) is 1.87. The zero-order valence-corrected chi connectivity index (χ0v) is 9.96. The average Bonchev–Trinajstić information content (AvgIpc) is 2.32. The molecule has 2 rings (SSSR count). The van der Waals surface area contributed by atoms with Crippen LogP contribution in [0.3, 0.4) is 0 Å². The minimum Gasteiger partial charge on any atom is -0.397 e. The van der Waals surface area contributed by atoms with Crippen LogP contribution in [0.1, 0.15) is 12.1 Å². The summed E-state index contributed by atoms with van der Waals surface area (Å²) in [6, 6.07) is 3.45. The highest BCUT2D eigenvalue weighted by molar-refractivity contribution is 5.51. The first-order chi connectivity index (χ1) is 8.38. The third-order valence-corrected chi connectivity index (χ3v) is 3.01. The third kappa shape index (κ3) is 2.57. The van der Waals surface area contributed by atoms with E-state index in [9.17, 15) is 13.2 Å². The normalized spacial score (nSPS) is 16.7. The van der Waals surface area contributed by atoms with Crippen LogP contribution < -0.4 is 10.6 Å². The zero-order valence-electron chi connectivity index (χ0n) is 9.96. The maximum Gasteiger partial charge on any atom is 0.412 e. The Labute approximate surface area is 103 Å². The lowest BCUT2D eigenvalue weighted by molar-refractivity contribution is -0.0944. The quantitative estimate of drug-likeness (QED) is 0.786. The van der Waals surface area contributed by atoms with Gasteiger partial charge in [-0.3, -0.25) is 0 Å². The van der Waals surface area contributed by atoms with E-state index in [1.165, 1.54) is 6.08 Å². The van der Waals surface area contributed by atoms with E-state index in [1.807, 2.05) is 4.90 Å². The van der Waals surface area contributed by atoms with Gasteiger partial charge in [-0.05, 0) is 25.5 Å². The van der Waals surface area contributed by atoms with E-state index in [-0.39, 0.29) is 13.0 Å². The van der Waals surface area contributed by atoms with Gasteiger partial charge in [0.1, 0.15) is 5.82 Å². The second-order valence-electron chi connectivity index (χ2n) is 4.27. The van der Waals surface area contributed by atoms with Gasteiger partial charge in [0.2, 0.25) is 0 Å². The third-order valence-electron chi connectivity index (χ3n) is 3.01. The van der Waals surface area contributed by atoms with Crippen molar-refractivity contribution in [2.75, 3.05) is 23.7 Å². The standard InChI is InChI=1S/C12H14F3N3/c1-8-10(16)2-3-11(17-8)18-6-4-9(5-7-18)12(13,14)15/h2-4H,5-7,16H2,1H3. The van der Waals surface area contributed by atoms with Gasteiger partial charge in [0, 0.05) is 18.7 Å². The number of nitrogen functional groups attached to an aromatic ring is 1. The fraction of sp³-hybridized carbons (Fsp3) is 0.417. The zero-order chi connectivity index (χ0) is 13.3. The molecule has 0 atom stereocenters. The highest BCUT2D eigenvalue weighted by Gasteiger charge is 2.34. The summed E-state index contributed by atoms with van der Waals surface area (Å²) in [5.74, 6) is 0.666. The number of anilines is 2. The van der Waals surface area contributed by atoms with Gasteiger partial charge in [0.15, 0.2) is 0 Å². The van der Waals surface area contributed by atoms with Crippen LogP contribution in [-0.2, 0) is 0 Å². The Morgan fingerprint density at radius 3 is 2.56 bits per heavy atom. The van der Waals surface area contributed by atoms with Crippen LogP contribution in [0.2, 0.25) is 0 Å². The van der Waals surface area contributed by atoms with Crippen molar-refractivity contribution in [2.24, 2.45) is 0 Å². The van der Waals surface area contributed by atoms with E-state index in [0.717, 1.165) is 0 Å². The second-order valence-corrected chi connectivity index (χ2v) is 4.27. The summed E-state index contributed by atoms with van der Waals surface area (Å²) in [6.07, 6.45) is -3.00. The Morgan fingerprint density at radius 1 is 1.33 bits per heavy atom. The lowest BCUT2D eigenvalue weighted by Gasteiger charge is -2.28. The Bertz CT molecular complexity index is 480. The van der Waals surface area contributed by atoms with Crippen molar-refractivity contribution in [3.05, 3.63) is 29.5 Å². The molecular formula is C12H14F3N3. The molecule has 0 aliphatic carbocycles. The minimum absolute atomic E-state index is 0.00535. The second kappa shape index (κ2) is 4.51. The molecule has 2 heterocycles. The number of alkyl halides is 3. The van der Waals surface area contributed by atoms with E-state index in [1.54, 1.807) is 19.1 Å². The number of nitrogens with two attached hydrogens (primary N) is 1. The summed E-state index contributed by atoms with van der Waals surface area (Å²) in [7, 11) is 0. The molecule has 3 nitrogen and oxygen atoms in total. The van der Waals surface area contributed by atoms with Crippen LogP contribution in [0.4, 0.5) is 24.7 Å². The number of nitrogens with zero attached hydrogens (tertiary/aromatic N) is 2. The van der Waals surface area contributed by atoms with Crippen LogP contribution in [-0.4, -0.2) is 24.2 Å². The van der Waals surface area contributed by atoms with Crippen molar-refractivity contribution in [2.45, 2.75) is 19.5 Å². The van der Waals surface area contributed by atoms with Crippen LogP contribution in [0.15, 0.2) is 23.8 Å². The summed E-state index contributed by atoms with van der Waals surface area (Å²) in [6.45, 7) is 2.33. The molecule has 0 saturated carbocycles. The van der Waals surface area contributed by atoms with Crippen molar-refractivity contribution < 1.29 is 13.2 Å². The lowest BCUT2D eigenvalue weighted by atomic mass is 10.1. The van der Waals surface area contributed by atoms with Gasteiger partial charge in [0.25, 0.3) is 0 Å². The molecule has 1 aliphatic rings. The highest BCUT2D eigenvalue weighted by Crippen LogP contribution is 2.31. The molecule has 1 aromatic heterocycles. The number of hydrogen-bond donors (Lipinski definition) is 1. The molecule has 2 N–H and O–H groups in total. The van der Waals surface area contributed by atoms with E-state index in [0.29, 0.717) is 23.7 Å². The molecule has 0 aromatic carbocycles. The predicted octanol–water partition coefficient (Wildman–Crippen LogP) is 2.67. The smallest absolute Gasteiger partial charge is 0.397 e. The van der Waals surface area contributed by atoms with Gasteiger partial charge in [-0.25, -0.2) is 4.98 Å². The van der Waals surface area contributed by atoms with Gasteiger partial charge in [-0.1, -0.05) is 6.08 Å². The number of aromatic nitrogens is 1. The number of rotatable bonds is 1. The first kappa shape index (κ1) is 12.7. The van der Waals surface area contributed by atoms with E-state index >= 15 is 0 Å². The van der Waals surface area contributed by atoms with Gasteiger partial charge >= 0.3 is 6.18 Å². The van der Waals surface area contributed by atoms with Gasteiger partial charge in [0.05, 0.1) is 11.4 Å². The Morgan fingerprint density at radius 2 is 2.06 bits per heavy atom. The maximum absolute atomic E-state index is 12.5. The molecule has 98 valence electrons. The van der Waals surface area contributed by atoms with Crippen molar-refractivity contribution in [3.63, 3.8) is 0 Å². The summed E-state index contributed by atoms with van der Waals surface area (Å²) in [5.41, 5.74) is 6.48. The van der Waals surface area contributed by atoms with Crippen molar-refractivity contribution >= 4 is 11.5 Å². The Kier molecular flexibility index (Phi) is 3.19. The number of pyridine rings is 1. The fourth-order valence-electron chi connectivity index (χ4n) is 1.87.